The van der Waals surface area contributed by atoms with Crippen molar-refractivity contribution in [3.63, 3.8) is 0 Å². The Morgan fingerprint density at radius 3 is 2.52 bits per heavy atom. The van der Waals surface area contributed by atoms with Crippen LogP contribution in [0.25, 0.3) is 0 Å². The first-order valence-corrected chi connectivity index (χ1v) is 11.2. The van der Waals surface area contributed by atoms with Crippen LogP contribution in [0.5, 0.6) is 5.75 Å². The minimum absolute atomic E-state index is 0.0157. The van der Waals surface area contributed by atoms with Crippen LogP contribution in [-0.2, 0) is 21.3 Å². The van der Waals surface area contributed by atoms with E-state index in [1.807, 2.05) is 0 Å². The van der Waals surface area contributed by atoms with E-state index in [9.17, 15) is 18.0 Å². The molecule has 3 rings (SSSR count). The molecule has 1 heterocycles. The second-order valence-corrected chi connectivity index (χ2v) is 8.78. The first kappa shape index (κ1) is 22.7. The number of sulfonamides is 1. The molecule has 1 fully saturated rings. The van der Waals surface area contributed by atoms with Gasteiger partial charge in [-0.05, 0) is 35.9 Å². The molecule has 1 aliphatic rings. The van der Waals surface area contributed by atoms with E-state index in [2.05, 4.69) is 10.6 Å². The number of ether oxygens (including phenoxy) is 2. The maximum Gasteiger partial charge on any atom is 0.255 e. The average molecular weight is 448 g/mol. The van der Waals surface area contributed by atoms with Crippen molar-refractivity contribution in [2.45, 2.75) is 11.4 Å². The summed E-state index contributed by atoms with van der Waals surface area (Å²) in [5.41, 5.74) is 1.32. The van der Waals surface area contributed by atoms with Crippen molar-refractivity contribution in [2.24, 2.45) is 0 Å². The van der Waals surface area contributed by atoms with E-state index >= 15 is 0 Å². The number of amides is 2. The number of hydrogen-bond acceptors (Lipinski definition) is 6. The first-order valence-electron chi connectivity index (χ1n) is 9.72. The topological polar surface area (TPSA) is 114 Å². The summed E-state index contributed by atoms with van der Waals surface area (Å²) in [6, 6.07) is 11.1. The summed E-state index contributed by atoms with van der Waals surface area (Å²) < 4.78 is 37.7. The Hall–Kier alpha value is -2.95. The fourth-order valence-corrected chi connectivity index (χ4v) is 4.64. The molecule has 0 radical (unpaired) electrons. The van der Waals surface area contributed by atoms with E-state index in [0.29, 0.717) is 18.8 Å². The summed E-state index contributed by atoms with van der Waals surface area (Å²) in [4.78, 5) is 24.6. The Bertz CT molecular complexity index is 1060. The number of carbonyl (C=O) groups excluding carboxylic acids is 2. The molecular weight excluding hydrogens is 422 g/mol. The Kier molecular flexibility index (Phi) is 7.26. The highest BCUT2D eigenvalue weighted by Crippen LogP contribution is 2.25. The number of rotatable bonds is 7. The SMILES string of the molecule is CNC(=O)c1cccc(CNC(=O)c2cc(S(=O)(=O)N3CCOCC3)ccc2OC)c1. The van der Waals surface area contributed by atoms with Crippen molar-refractivity contribution >= 4 is 21.8 Å². The van der Waals surface area contributed by atoms with Crippen LogP contribution in [0.1, 0.15) is 26.3 Å². The Morgan fingerprint density at radius 1 is 1.10 bits per heavy atom. The van der Waals surface area contributed by atoms with Crippen LogP contribution in [0.4, 0.5) is 0 Å². The molecule has 2 amide bonds. The molecule has 31 heavy (non-hydrogen) atoms. The first-order chi connectivity index (χ1) is 14.9. The number of morpholine rings is 1. The van der Waals surface area contributed by atoms with Gasteiger partial charge in [-0.2, -0.15) is 4.31 Å². The predicted molar refractivity (Wildman–Crippen MR) is 114 cm³/mol. The van der Waals surface area contributed by atoms with Gasteiger partial charge in [0.25, 0.3) is 11.8 Å². The lowest BCUT2D eigenvalue weighted by Crippen LogP contribution is -2.40. The minimum atomic E-state index is -3.75. The van der Waals surface area contributed by atoms with Gasteiger partial charge in [-0.1, -0.05) is 12.1 Å². The number of nitrogens with one attached hydrogen (secondary N) is 2. The highest BCUT2D eigenvalue weighted by molar-refractivity contribution is 7.89. The van der Waals surface area contributed by atoms with Crippen molar-refractivity contribution in [1.82, 2.24) is 14.9 Å². The van der Waals surface area contributed by atoms with Crippen LogP contribution in [0.3, 0.4) is 0 Å². The van der Waals surface area contributed by atoms with Crippen LogP contribution >= 0.6 is 0 Å². The summed E-state index contributed by atoms with van der Waals surface area (Å²) >= 11 is 0. The van der Waals surface area contributed by atoms with Crippen LogP contribution in [0, 0.1) is 0 Å². The molecule has 0 bridgehead atoms. The molecule has 10 heteroatoms. The molecule has 166 valence electrons. The molecule has 1 saturated heterocycles. The summed E-state index contributed by atoms with van der Waals surface area (Å²) in [5, 5.41) is 5.30. The summed E-state index contributed by atoms with van der Waals surface area (Å²) in [7, 11) is -0.800. The molecule has 0 unspecified atom stereocenters. The van der Waals surface area contributed by atoms with Crippen LogP contribution in [-0.4, -0.2) is 65.0 Å². The van der Waals surface area contributed by atoms with Crippen molar-refractivity contribution < 1.29 is 27.5 Å². The van der Waals surface area contributed by atoms with Gasteiger partial charge >= 0.3 is 0 Å². The van der Waals surface area contributed by atoms with E-state index < -0.39 is 15.9 Å². The predicted octanol–water partition coefficient (Wildman–Crippen LogP) is 1.01. The second-order valence-electron chi connectivity index (χ2n) is 6.84. The molecule has 1 aliphatic heterocycles. The zero-order valence-electron chi connectivity index (χ0n) is 17.4. The van der Waals surface area contributed by atoms with E-state index in [1.54, 1.807) is 31.3 Å². The molecule has 2 N–H and O–H groups in total. The molecule has 9 nitrogen and oxygen atoms in total. The van der Waals surface area contributed by atoms with Crippen molar-refractivity contribution in [1.29, 1.82) is 0 Å². The fraction of sp³-hybridized carbons (Fsp3) is 0.333. The van der Waals surface area contributed by atoms with E-state index in [-0.39, 0.29) is 41.7 Å². The number of nitrogens with zero attached hydrogens (tertiary/aromatic N) is 1. The fourth-order valence-electron chi connectivity index (χ4n) is 3.21. The van der Waals surface area contributed by atoms with Gasteiger partial charge in [0, 0.05) is 32.2 Å². The molecule has 0 aliphatic carbocycles. The summed E-state index contributed by atoms with van der Waals surface area (Å²) in [6.45, 7) is 1.35. The highest BCUT2D eigenvalue weighted by Gasteiger charge is 2.28. The quantitative estimate of drug-likeness (QED) is 0.655. The zero-order valence-corrected chi connectivity index (χ0v) is 18.2. The molecule has 2 aromatic carbocycles. The van der Waals surface area contributed by atoms with Gasteiger partial charge in [-0.15, -0.1) is 0 Å². The lowest BCUT2D eigenvalue weighted by molar-refractivity contribution is 0.0730. The van der Waals surface area contributed by atoms with Gasteiger partial charge in [-0.25, -0.2) is 8.42 Å². The monoisotopic (exact) mass is 447 g/mol. The third kappa shape index (κ3) is 5.22. The van der Waals surface area contributed by atoms with Crippen molar-refractivity contribution in [2.75, 3.05) is 40.5 Å². The number of benzene rings is 2. The van der Waals surface area contributed by atoms with E-state index in [4.69, 9.17) is 9.47 Å². The second kappa shape index (κ2) is 9.90. The minimum Gasteiger partial charge on any atom is -0.496 e. The molecule has 2 aromatic rings. The van der Waals surface area contributed by atoms with Crippen molar-refractivity contribution in [3.05, 3.63) is 59.2 Å². The van der Waals surface area contributed by atoms with Crippen LogP contribution < -0.4 is 15.4 Å². The standard InChI is InChI=1S/C21H25N3O6S/c1-22-20(25)16-5-3-4-15(12-16)14-23-21(26)18-13-17(6-7-19(18)29-2)31(27,28)24-8-10-30-11-9-24/h3-7,12-13H,8-11,14H2,1-2H3,(H,22,25)(H,23,26). The van der Waals surface area contributed by atoms with E-state index in [1.165, 1.54) is 29.6 Å². The van der Waals surface area contributed by atoms with Crippen molar-refractivity contribution in [3.8, 4) is 5.75 Å². The van der Waals surface area contributed by atoms with Gasteiger partial charge in [0.05, 0.1) is 30.8 Å². The normalized spacial score (nSPS) is 14.6. The van der Waals surface area contributed by atoms with Gasteiger partial charge in [0.1, 0.15) is 5.75 Å². The maximum absolute atomic E-state index is 12.9. The molecular formula is C21H25N3O6S. The van der Waals surface area contributed by atoms with Crippen LogP contribution in [0.2, 0.25) is 0 Å². The largest absolute Gasteiger partial charge is 0.496 e. The number of hydrogen-bond donors (Lipinski definition) is 2. The van der Waals surface area contributed by atoms with Gasteiger partial charge in [0.15, 0.2) is 0 Å². The lowest BCUT2D eigenvalue weighted by atomic mass is 10.1. The third-order valence-electron chi connectivity index (χ3n) is 4.89. The maximum atomic E-state index is 12.9. The van der Waals surface area contributed by atoms with Gasteiger partial charge in [0.2, 0.25) is 10.0 Å². The third-order valence-corrected chi connectivity index (χ3v) is 6.79. The summed E-state index contributed by atoms with van der Waals surface area (Å²) in [5.74, 6) is -0.449. The number of carbonyl (C=O) groups is 2. The lowest BCUT2D eigenvalue weighted by Gasteiger charge is -2.26. The van der Waals surface area contributed by atoms with Crippen LogP contribution in [0.15, 0.2) is 47.4 Å². The van der Waals surface area contributed by atoms with E-state index in [0.717, 1.165) is 5.56 Å². The Morgan fingerprint density at radius 2 is 1.84 bits per heavy atom. The summed E-state index contributed by atoms with van der Waals surface area (Å²) in [6.07, 6.45) is 0. The molecule has 0 saturated carbocycles. The zero-order chi connectivity index (χ0) is 22.4. The Labute approximate surface area is 181 Å². The Balaban J connectivity index is 1.80. The smallest absolute Gasteiger partial charge is 0.255 e. The van der Waals surface area contributed by atoms with Gasteiger partial charge in [-0.3, -0.25) is 9.59 Å². The highest BCUT2D eigenvalue weighted by atomic mass is 32.2. The average Bonchev–Trinajstić information content (AvgIpc) is 2.82. The molecule has 0 spiro atoms. The van der Waals surface area contributed by atoms with Gasteiger partial charge < -0.3 is 20.1 Å². The molecule has 0 aromatic heterocycles. The number of methoxy groups -OCH3 is 1. The molecule has 0 atom stereocenters.